The Morgan fingerprint density at radius 1 is 1.17 bits per heavy atom. The van der Waals surface area contributed by atoms with Crippen LogP contribution in [0.15, 0.2) is 24.3 Å². The summed E-state index contributed by atoms with van der Waals surface area (Å²) in [5.41, 5.74) is 5.77. The second-order valence-electron chi connectivity index (χ2n) is 3.96. The van der Waals surface area contributed by atoms with Gasteiger partial charge < -0.3 is 15.2 Å². The zero-order chi connectivity index (χ0) is 12.5. The van der Waals surface area contributed by atoms with Gasteiger partial charge >= 0.3 is 0 Å². The van der Waals surface area contributed by atoms with Crippen LogP contribution in [-0.4, -0.2) is 25.5 Å². The average Bonchev–Trinajstić information content (AvgIpc) is 2.38. The Kier molecular flexibility index (Phi) is 10.0. The molecular formula is C13H22ClNO2S. The van der Waals surface area contributed by atoms with Crippen molar-refractivity contribution < 1.29 is 9.47 Å². The highest BCUT2D eigenvalue weighted by Crippen LogP contribution is 2.17. The van der Waals surface area contributed by atoms with E-state index in [9.17, 15) is 0 Å². The Labute approximate surface area is 121 Å². The summed E-state index contributed by atoms with van der Waals surface area (Å²) in [7, 11) is 1.65. The molecule has 0 bridgehead atoms. The van der Waals surface area contributed by atoms with Gasteiger partial charge in [0.15, 0.2) is 0 Å². The molecule has 0 saturated heterocycles. The van der Waals surface area contributed by atoms with E-state index in [4.69, 9.17) is 15.2 Å². The van der Waals surface area contributed by atoms with Gasteiger partial charge in [-0.25, -0.2) is 0 Å². The summed E-state index contributed by atoms with van der Waals surface area (Å²) >= 11 is 4.15. The topological polar surface area (TPSA) is 44.5 Å². The predicted octanol–water partition coefficient (Wildman–Crippen LogP) is 2.92. The third kappa shape index (κ3) is 6.99. The fourth-order valence-electron chi connectivity index (χ4n) is 1.46. The van der Waals surface area contributed by atoms with Crippen LogP contribution in [0.3, 0.4) is 0 Å². The summed E-state index contributed by atoms with van der Waals surface area (Å²) in [5.74, 6) is 2.47. The normalized spacial score (nSPS) is 11.5. The zero-order valence-electron chi connectivity index (χ0n) is 10.7. The maximum absolute atomic E-state index is 5.77. The first kappa shape index (κ1) is 17.4. The number of hydrogen-bond acceptors (Lipinski definition) is 4. The number of nitrogens with two attached hydrogens (primary N) is 1. The molecule has 1 rings (SSSR count). The summed E-state index contributed by atoms with van der Waals surface area (Å²) < 4.78 is 10.7. The number of halogens is 1. The molecular weight excluding hydrogens is 270 g/mol. The van der Waals surface area contributed by atoms with Gasteiger partial charge in [0.1, 0.15) is 11.5 Å². The molecule has 1 unspecified atom stereocenters. The number of methoxy groups -OCH3 is 1. The molecule has 1 aromatic carbocycles. The molecule has 0 aromatic heterocycles. The molecule has 0 fully saturated rings. The van der Waals surface area contributed by atoms with E-state index >= 15 is 0 Å². The fourth-order valence-corrected chi connectivity index (χ4v) is 1.64. The second kappa shape index (κ2) is 10.4. The van der Waals surface area contributed by atoms with Gasteiger partial charge in [0, 0.05) is 11.8 Å². The van der Waals surface area contributed by atoms with Crippen molar-refractivity contribution in [1.82, 2.24) is 0 Å². The first-order chi connectivity index (χ1) is 8.26. The molecule has 0 spiro atoms. The first-order valence-electron chi connectivity index (χ1n) is 5.89. The molecule has 0 aliphatic heterocycles. The number of ether oxygens (including phenoxy) is 2. The first-order valence-corrected chi connectivity index (χ1v) is 6.53. The molecule has 1 aromatic rings. The molecule has 0 saturated carbocycles. The van der Waals surface area contributed by atoms with Crippen molar-refractivity contribution in [3.8, 4) is 11.5 Å². The maximum Gasteiger partial charge on any atom is 0.119 e. The number of hydrogen-bond donors (Lipinski definition) is 2. The van der Waals surface area contributed by atoms with Gasteiger partial charge in [-0.2, -0.15) is 12.6 Å². The van der Waals surface area contributed by atoms with Crippen molar-refractivity contribution in [2.75, 3.05) is 19.5 Å². The van der Waals surface area contributed by atoms with Crippen LogP contribution in [0.4, 0.5) is 0 Å². The lowest BCUT2D eigenvalue weighted by Gasteiger charge is -2.09. The minimum absolute atomic E-state index is 0. The van der Waals surface area contributed by atoms with Crippen LogP contribution < -0.4 is 15.2 Å². The summed E-state index contributed by atoms with van der Waals surface area (Å²) in [6.45, 7) is 0.728. The van der Waals surface area contributed by atoms with Crippen molar-refractivity contribution >= 4 is 25.0 Å². The quantitative estimate of drug-likeness (QED) is 0.572. The van der Waals surface area contributed by atoms with Crippen LogP contribution in [0.1, 0.15) is 19.3 Å². The smallest absolute Gasteiger partial charge is 0.119 e. The van der Waals surface area contributed by atoms with Gasteiger partial charge in [-0.1, -0.05) is 0 Å². The number of rotatable bonds is 8. The van der Waals surface area contributed by atoms with Crippen molar-refractivity contribution in [2.45, 2.75) is 25.3 Å². The van der Waals surface area contributed by atoms with Crippen molar-refractivity contribution in [3.05, 3.63) is 24.3 Å². The van der Waals surface area contributed by atoms with Crippen molar-refractivity contribution in [3.63, 3.8) is 0 Å². The van der Waals surface area contributed by atoms with E-state index in [0.29, 0.717) is 0 Å². The SMILES string of the molecule is COc1ccc(OCCCCC(N)CS)cc1.Cl. The molecule has 1 atom stereocenters. The van der Waals surface area contributed by atoms with Crippen LogP contribution in [0.5, 0.6) is 11.5 Å². The Hall–Kier alpha value is -0.580. The van der Waals surface area contributed by atoms with Gasteiger partial charge in [0.05, 0.1) is 13.7 Å². The van der Waals surface area contributed by atoms with Gasteiger partial charge in [0.2, 0.25) is 0 Å². The minimum atomic E-state index is 0. The van der Waals surface area contributed by atoms with Gasteiger partial charge in [-0.05, 0) is 43.5 Å². The second-order valence-corrected chi connectivity index (χ2v) is 4.33. The summed E-state index contributed by atoms with van der Waals surface area (Å²) in [5, 5.41) is 0. The highest BCUT2D eigenvalue weighted by molar-refractivity contribution is 7.80. The van der Waals surface area contributed by atoms with Gasteiger partial charge in [-0.15, -0.1) is 12.4 Å². The fraction of sp³-hybridized carbons (Fsp3) is 0.538. The van der Waals surface area contributed by atoms with E-state index < -0.39 is 0 Å². The summed E-state index contributed by atoms with van der Waals surface area (Å²) in [6.07, 6.45) is 3.11. The van der Waals surface area contributed by atoms with Crippen LogP contribution >= 0.6 is 25.0 Å². The third-order valence-corrected chi connectivity index (χ3v) is 3.00. The van der Waals surface area contributed by atoms with Gasteiger partial charge in [0.25, 0.3) is 0 Å². The standard InChI is InChI=1S/C13H21NO2S.ClH/c1-15-12-5-7-13(8-6-12)16-9-3-2-4-11(14)10-17;/h5-8,11,17H,2-4,9-10,14H2,1H3;1H. The lowest BCUT2D eigenvalue weighted by molar-refractivity contribution is 0.303. The highest BCUT2D eigenvalue weighted by atomic mass is 35.5. The molecule has 3 nitrogen and oxygen atoms in total. The third-order valence-electron chi connectivity index (χ3n) is 2.53. The van der Waals surface area contributed by atoms with E-state index in [1.165, 1.54) is 0 Å². The molecule has 0 heterocycles. The van der Waals surface area contributed by atoms with E-state index in [1.54, 1.807) is 7.11 Å². The van der Waals surface area contributed by atoms with Crippen LogP contribution in [0, 0.1) is 0 Å². The molecule has 0 amide bonds. The lowest BCUT2D eigenvalue weighted by Crippen LogP contribution is -2.21. The summed E-state index contributed by atoms with van der Waals surface area (Å²) in [6, 6.07) is 7.83. The van der Waals surface area contributed by atoms with Gasteiger partial charge in [-0.3, -0.25) is 0 Å². The van der Waals surface area contributed by atoms with Crippen molar-refractivity contribution in [1.29, 1.82) is 0 Å². The Balaban J connectivity index is 0.00000289. The monoisotopic (exact) mass is 291 g/mol. The van der Waals surface area contributed by atoms with E-state index in [2.05, 4.69) is 12.6 Å². The number of unbranched alkanes of at least 4 members (excludes halogenated alkanes) is 1. The molecule has 104 valence electrons. The average molecular weight is 292 g/mol. The summed E-state index contributed by atoms with van der Waals surface area (Å²) in [4.78, 5) is 0. The van der Waals surface area contributed by atoms with E-state index in [0.717, 1.165) is 43.1 Å². The van der Waals surface area contributed by atoms with Crippen LogP contribution in [-0.2, 0) is 0 Å². The van der Waals surface area contributed by atoms with Crippen LogP contribution in [0.25, 0.3) is 0 Å². The van der Waals surface area contributed by atoms with Crippen LogP contribution in [0.2, 0.25) is 0 Å². The zero-order valence-corrected chi connectivity index (χ0v) is 12.4. The molecule has 5 heteroatoms. The molecule has 18 heavy (non-hydrogen) atoms. The maximum atomic E-state index is 5.77. The highest BCUT2D eigenvalue weighted by Gasteiger charge is 1.99. The molecule has 2 N–H and O–H groups in total. The number of benzene rings is 1. The van der Waals surface area contributed by atoms with Crippen molar-refractivity contribution in [2.24, 2.45) is 5.73 Å². The minimum Gasteiger partial charge on any atom is -0.497 e. The molecule has 0 radical (unpaired) electrons. The number of thiol groups is 1. The molecule has 0 aliphatic rings. The predicted molar refractivity (Wildman–Crippen MR) is 81.4 cm³/mol. The Morgan fingerprint density at radius 2 is 1.78 bits per heavy atom. The Bertz CT molecular complexity index is 308. The van der Waals surface area contributed by atoms with E-state index in [1.807, 2.05) is 24.3 Å². The van der Waals surface area contributed by atoms with E-state index in [-0.39, 0.29) is 18.4 Å². The lowest BCUT2D eigenvalue weighted by atomic mass is 10.1. The Morgan fingerprint density at radius 3 is 2.33 bits per heavy atom. The largest absolute Gasteiger partial charge is 0.497 e. The molecule has 0 aliphatic carbocycles.